The largest absolute Gasteiger partial charge is 0.0805 e. The van der Waals surface area contributed by atoms with Gasteiger partial charge in [0.2, 0.25) is 0 Å². The van der Waals surface area contributed by atoms with Gasteiger partial charge in [-0.1, -0.05) is 59.8 Å². The zero-order chi connectivity index (χ0) is 11.8. The van der Waals surface area contributed by atoms with Crippen molar-refractivity contribution in [2.24, 2.45) is 17.8 Å². The Bertz CT molecular complexity index is 210. The molecule has 2 rings (SSSR count). The first kappa shape index (κ1) is 14.5. The summed E-state index contributed by atoms with van der Waals surface area (Å²) in [6.07, 6.45) is 9.90. The zero-order valence-electron chi connectivity index (χ0n) is 11.4. The van der Waals surface area contributed by atoms with E-state index in [0.717, 1.165) is 17.8 Å². The standard InChI is InChI=1S/C11H16.2C2H6/c1-3-8(2)9-4-5-10-7-11(10)6-9;2*1-2/h4-6,8,10-11H,3,7H2,1-2H3;2*1-2H3. The molecule has 88 valence electrons. The van der Waals surface area contributed by atoms with Gasteiger partial charge in [0.1, 0.15) is 0 Å². The van der Waals surface area contributed by atoms with Crippen molar-refractivity contribution in [3.8, 4) is 0 Å². The first-order valence-corrected chi connectivity index (χ1v) is 6.71. The maximum absolute atomic E-state index is 2.48. The fraction of sp³-hybridized carbons (Fsp3) is 0.733. The summed E-state index contributed by atoms with van der Waals surface area (Å²) in [5, 5.41) is 0. The first-order valence-electron chi connectivity index (χ1n) is 6.71. The van der Waals surface area contributed by atoms with Gasteiger partial charge in [0.15, 0.2) is 0 Å². The Morgan fingerprint density at radius 1 is 1.20 bits per heavy atom. The molecule has 0 aromatic heterocycles. The molecule has 0 radical (unpaired) electrons. The minimum Gasteiger partial charge on any atom is -0.0805 e. The Hall–Kier alpha value is -0.520. The molecule has 3 atom stereocenters. The summed E-state index contributed by atoms with van der Waals surface area (Å²) in [6.45, 7) is 12.6. The lowest BCUT2D eigenvalue weighted by Crippen LogP contribution is -1.98. The fourth-order valence-corrected chi connectivity index (χ4v) is 1.75. The Labute approximate surface area is 96.5 Å². The highest BCUT2D eigenvalue weighted by Gasteiger charge is 2.35. The summed E-state index contributed by atoms with van der Waals surface area (Å²) >= 11 is 0. The minimum absolute atomic E-state index is 0.771. The highest BCUT2D eigenvalue weighted by molar-refractivity contribution is 5.31. The van der Waals surface area contributed by atoms with Crippen molar-refractivity contribution in [1.29, 1.82) is 0 Å². The van der Waals surface area contributed by atoms with Gasteiger partial charge in [-0.2, -0.15) is 0 Å². The summed E-state index contributed by atoms with van der Waals surface area (Å²) in [7, 11) is 0. The second-order valence-corrected chi connectivity index (χ2v) is 3.90. The Kier molecular flexibility index (Phi) is 7.46. The predicted molar refractivity (Wildman–Crippen MR) is 71.0 cm³/mol. The minimum atomic E-state index is 0.771. The van der Waals surface area contributed by atoms with Gasteiger partial charge < -0.3 is 0 Å². The van der Waals surface area contributed by atoms with Gasteiger partial charge in [0, 0.05) is 0 Å². The molecule has 0 nitrogen and oxygen atoms in total. The third-order valence-corrected chi connectivity index (χ3v) is 3.01. The molecular weight excluding hydrogens is 180 g/mol. The van der Waals surface area contributed by atoms with Gasteiger partial charge in [0.25, 0.3) is 0 Å². The van der Waals surface area contributed by atoms with E-state index in [2.05, 4.69) is 32.1 Å². The normalized spacial score (nSPS) is 27.2. The molecule has 1 fully saturated rings. The lowest BCUT2D eigenvalue weighted by molar-refractivity contribution is 0.660. The lowest BCUT2D eigenvalue weighted by Gasteiger charge is -2.12. The maximum Gasteiger partial charge on any atom is -0.0158 e. The topological polar surface area (TPSA) is 0 Å². The van der Waals surface area contributed by atoms with Gasteiger partial charge in [-0.15, -0.1) is 0 Å². The van der Waals surface area contributed by atoms with Gasteiger partial charge in [0.05, 0.1) is 0 Å². The van der Waals surface area contributed by atoms with Crippen LogP contribution in [-0.2, 0) is 0 Å². The van der Waals surface area contributed by atoms with Crippen LogP contribution in [0.4, 0.5) is 0 Å². The molecule has 0 spiro atoms. The van der Waals surface area contributed by atoms with E-state index in [1.807, 2.05) is 27.7 Å². The molecule has 0 amide bonds. The summed E-state index contributed by atoms with van der Waals surface area (Å²) in [6, 6.07) is 0. The van der Waals surface area contributed by atoms with E-state index in [9.17, 15) is 0 Å². The molecule has 0 heterocycles. The third kappa shape index (κ3) is 4.24. The van der Waals surface area contributed by atoms with Crippen LogP contribution in [-0.4, -0.2) is 0 Å². The second-order valence-electron chi connectivity index (χ2n) is 3.90. The molecule has 0 aromatic rings. The van der Waals surface area contributed by atoms with Crippen LogP contribution in [0.25, 0.3) is 0 Å². The quantitative estimate of drug-likeness (QED) is 0.584. The highest BCUT2D eigenvalue weighted by atomic mass is 14.4. The molecule has 3 unspecified atom stereocenters. The number of hydrogen-bond donors (Lipinski definition) is 0. The summed E-state index contributed by atoms with van der Waals surface area (Å²) < 4.78 is 0. The highest BCUT2D eigenvalue weighted by Crippen LogP contribution is 2.45. The van der Waals surface area contributed by atoms with Gasteiger partial charge in [-0.25, -0.2) is 0 Å². The van der Waals surface area contributed by atoms with E-state index in [0.29, 0.717) is 0 Å². The molecule has 0 aromatic carbocycles. The molecular formula is C15H28. The van der Waals surface area contributed by atoms with E-state index in [1.54, 1.807) is 5.57 Å². The maximum atomic E-state index is 2.48. The molecule has 0 bridgehead atoms. The third-order valence-electron chi connectivity index (χ3n) is 3.01. The van der Waals surface area contributed by atoms with E-state index in [1.165, 1.54) is 12.8 Å². The van der Waals surface area contributed by atoms with Crippen LogP contribution < -0.4 is 0 Å². The number of hydrogen-bond acceptors (Lipinski definition) is 0. The second kappa shape index (κ2) is 7.73. The summed E-state index contributed by atoms with van der Waals surface area (Å²) in [4.78, 5) is 0. The van der Waals surface area contributed by atoms with Crippen LogP contribution in [0.5, 0.6) is 0 Å². The predicted octanol–water partition coefficient (Wildman–Crippen LogP) is 5.22. The lowest BCUT2D eigenvalue weighted by atomic mass is 9.94. The van der Waals surface area contributed by atoms with Crippen LogP contribution >= 0.6 is 0 Å². The monoisotopic (exact) mass is 208 g/mol. The van der Waals surface area contributed by atoms with Crippen LogP contribution in [0.3, 0.4) is 0 Å². The average molecular weight is 208 g/mol. The molecule has 2 aliphatic carbocycles. The van der Waals surface area contributed by atoms with Crippen molar-refractivity contribution in [2.45, 2.75) is 54.4 Å². The molecule has 0 aliphatic heterocycles. The van der Waals surface area contributed by atoms with Crippen LogP contribution in [0.1, 0.15) is 54.4 Å². The molecule has 0 heteroatoms. The number of rotatable bonds is 2. The summed E-state index contributed by atoms with van der Waals surface area (Å²) in [5.74, 6) is 2.61. The average Bonchev–Trinajstić information content (AvgIpc) is 3.11. The van der Waals surface area contributed by atoms with Crippen molar-refractivity contribution in [3.05, 3.63) is 23.8 Å². The van der Waals surface area contributed by atoms with E-state index < -0.39 is 0 Å². The van der Waals surface area contributed by atoms with Gasteiger partial charge in [-0.3, -0.25) is 0 Å². The molecule has 15 heavy (non-hydrogen) atoms. The zero-order valence-corrected chi connectivity index (χ0v) is 11.4. The van der Waals surface area contributed by atoms with Crippen molar-refractivity contribution in [2.75, 3.05) is 0 Å². The van der Waals surface area contributed by atoms with Crippen molar-refractivity contribution >= 4 is 0 Å². The van der Waals surface area contributed by atoms with Crippen LogP contribution in [0.2, 0.25) is 0 Å². The Morgan fingerprint density at radius 2 is 1.80 bits per heavy atom. The summed E-state index contributed by atoms with van der Waals surface area (Å²) in [5.41, 5.74) is 1.58. The number of fused-ring (bicyclic) bond motifs is 1. The van der Waals surface area contributed by atoms with Crippen molar-refractivity contribution in [1.82, 2.24) is 0 Å². The van der Waals surface area contributed by atoms with Crippen molar-refractivity contribution in [3.63, 3.8) is 0 Å². The molecule has 0 N–H and O–H groups in total. The molecule has 1 saturated carbocycles. The van der Waals surface area contributed by atoms with Gasteiger partial charge >= 0.3 is 0 Å². The Morgan fingerprint density at radius 3 is 2.27 bits per heavy atom. The van der Waals surface area contributed by atoms with E-state index in [4.69, 9.17) is 0 Å². The fourth-order valence-electron chi connectivity index (χ4n) is 1.75. The number of allylic oxidation sites excluding steroid dienone is 4. The molecule has 0 saturated heterocycles. The first-order chi connectivity index (χ1) is 7.31. The smallest absolute Gasteiger partial charge is 0.0158 e. The van der Waals surface area contributed by atoms with Crippen LogP contribution in [0.15, 0.2) is 23.8 Å². The van der Waals surface area contributed by atoms with Gasteiger partial charge in [-0.05, 0) is 36.2 Å². The van der Waals surface area contributed by atoms with E-state index in [-0.39, 0.29) is 0 Å². The van der Waals surface area contributed by atoms with Crippen LogP contribution in [0, 0.1) is 17.8 Å². The SMILES string of the molecule is CC.CC.CCC(C)C1=CC2CC2C=C1. The van der Waals surface area contributed by atoms with E-state index >= 15 is 0 Å². The van der Waals surface area contributed by atoms with Crippen molar-refractivity contribution < 1.29 is 0 Å². The molecule has 2 aliphatic rings. The Balaban J connectivity index is 0.000000442.